The number of allylic oxidation sites excluding steroid dienone is 5. The molecule has 0 radical (unpaired) electrons. The van der Waals surface area contributed by atoms with Gasteiger partial charge in [-0.1, -0.05) is 120 Å². The number of carbonyl (C=O) groups is 1. The van der Waals surface area contributed by atoms with E-state index in [1.165, 1.54) is 44.9 Å². The number of hydrogen-bond acceptors (Lipinski definition) is 2. The Bertz CT molecular complexity index is 771. The van der Waals surface area contributed by atoms with E-state index in [4.69, 9.17) is 4.74 Å². The third-order valence-electron chi connectivity index (χ3n) is 5.52. The van der Waals surface area contributed by atoms with Gasteiger partial charge in [-0.15, -0.1) is 0 Å². The van der Waals surface area contributed by atoms with Gasteiger partial charge in [-0.2, -0.15) is 0 Å². The SMILES string of the molecule is CCCCCCCCCC=CC=CC=Cc1ccccc1C=C(C(=O)O)C(C)COCCC. The predicted molar refractivity (Wildman–Crippen MR) is 142 cm³/mol. The first-order chi connectivity index (χ1) is 16.1. The van der Waals surface area contributed by atoms with E-state index in [1.54, 1.807) is 6.08 Å². The highest BCUT2D eigenvalue weighted by molar-refractivity contribution is 5.93. The van der Waals surface area contributed by atoms with E-state index in [2.05, 4.69) is 19.1 Å². The lowest BCUT2D eigenvalue weighted by Gasteiger charge is -2.13. The number of benzene rings is 1. The molecule has 0 saturated heterocycles. The van der Waals surface area contributed by atoms with Gasteiger partial charge in [0.2, 0.25) is 0 Å². The molecule has 1 aromatic rings. The standard InChI is InChI=1S/C30H44O3/c1-4-6-7-8-9-10-11-12-13-14-15-16-17-20-27-21-18-19-22-28(27)24-29(30(31)32)26(3)25-33-23-5-2/h13-22,24,26H,4-12,23,25H2,1-3H3,(H,31,32). The van der Waals surface area contributed by atoms with Crippen molar-refractivity contribution in [3.05, 3.63) is 71.3 Å². The highest BCUT2D eigenvalue weighted by atomic mass is 16.5. The van der Waals surface area contributed by atoms with Crippen LogP contribution in [0.3, 0.4) is 0 Å². The van der Waals surface area contributed by atoms with Crippen LogP contribution in [0.5, 0.6) is 0 Å². The number of hydrogen-bond donors (Lipinski definition) is 1. The predicted octanol–water partition coefficient (Wildman–Crippen LogP) is 8.48. The van der Waals surface area contributed by atoms with E-state index in [0.717, 1.165) is 24.0 Å². The summed E-state index contributed by atoms with van der Waals surface area (Å²) >= 11 is 0. The summed E-state index contributed by atoms with van der Waals surface area (Å²) in [7, 11) is 0. The summed E-state index contributed by atoms with van der Waals surface area (Å²) in [6, 6.07) is 7.86. The summed E-state index contributed by atoms with van der Waals surface area (Å²) in [6.07, 6.45) is 25.6. The second-order valence-corrected chi connectivity index (χ2v) is 8.59. The highest BCUT2D eigenvalue weighted by Crippen LogP contribution is 2.20. The van der Waals surface area contributed by atoms with E-state index in [0.29, 0.717) is 18.8 Å². The molecule has 0 spiro atoms. The van der Waals surface area contributed by atoms with Crippen molar-refractivity contribution < 1.29 is 14.6 Å². The average Bonchev–Trinajstić information content (AvgIpc) is 2.81. The fraction of sp³-hybridized carbons (Fsp3) is 0.500. The smallest absolute Gasteiger partial charge is 0.331 e. The second kappa shape index (κ2) is 19.1. The number of carboxylic acids is 1. The van der Waals surface area contributed by atoms with Crippen molar-refractivity contribution in [2.45, 2.75) is 78.6 Å². The molecule has 0 amide bonds. The molecule has 0 fully saturated rings. The first-order valence-electron chi connectivity index (χ1n) is 12.7. The number of ether oxygens (including phenoxy) is 1. The summed E-state index contributed by atoms with van der Waals surface area (Å²) < 4.78 is 5.56. The molecular formula is C30H44O3. The van der Waals surface area contributed by atoms with Crippen molar-refractivity contribution in [3.63, 3.8) is 0 Å². The monoisotopic (exact) mass is 452 g/mol. The largest absolute Gasteiger partial charge is 0.478 e. The van der Waals surface area contributed by atoms with Gasteiger partial charge >= 0.3 is 5.97 Å². The molecule has 0 aliphatic heterocycles. The van der Waals surface area contributed by atoms with E-state index in [-0.39, 0.29) is 5.92 Å². The molecule has 0 saturated carbocycles. The quantitative estimate of drug-likeness (QED) is 0.138. The van der Waals surface area contributed by atoms with Crippen molar-refractivity contribution in [2.24, 2.45) is 5.92 Å². The van der Waals surface area contributed by atoms with Crippen molar-refractivity contribution >= 4 is 18.1 Å². The third kappa shape index (κ3) is 13.7. The minimum absolute atomic E-state index is 0.174. The van der Waals surface area contributed by atoms with Crippen LogP contribution in [0.1, 0.15) is 89.7 Å². The Kier molecular flexibility index (Phi) is 16.6. The molecule has 3 heteroatoms. The lowest BCUT2D eigenvalue weighted by molar-refractivity contribution is -0.133. The number of unbranched alkanes of at least 4 members (excludes halogenated alkanes) is 7. The van der Waals surface area contributed by atoms with Gasteiger partial charge in [0, 0.05) is 18.1 Å². The number of rotatable bonds is 18. The topological polar surface area (TPSA) is 46.5 Å². The van der Waals surface area contributed by atoms with Gasteiger partial charge in [0.15, 0.2) is 0 Å². The molecular weight excluding hydrogens is 408 g/mol. The molecule has 1 rings (SSSR count). The van der Waals surface area contributed by atoms with Crippen LogP contribution in [0, 0.1) is 5.92 Å². The molecule has 33 heavy (non-hydrogen) atoms. The van der Waals surface area contributed by atoms with E-state index < -0.39 is 5.97 Å². The summed E-state index contributed by atoms with van der Waals surface area (Å²) in [4.78, 5) is 11.8. The zero-order valence-corrected chi connectivity index (χ0v) is 21.0. The van der Waals surface area contributed by atoms with Gasteiger partial charge in [0.1, 0.15) is 0 Å². The van der Waals surface area contributed by atoms with Gasteiger partial charge in [0.05, 0.1) is 6.61 Å². The van der Waals surface area contributed by atoms with Crippen molar-refractivity contribution in [3.8, 4) is 0 Å². The number of aliphatic carboxylic acids is 1. The van der Waals surface area contributed by atoms with Gasteiger partial charge in [-0.3, -0.25) is 0 Å². The lowest BCUT2D eigenvalue weighted by atomic mass is 9.97. The van der Waals surface area contributed by atoms with Crippen LogP contribution in [-0.4, -0.2) is 24.3 Å². The molecule has 0 aromatic heterocycles. The summed E-state index contributed by atoms with van der Waals surface area (Å²) in [5.74, 6) is -1.07. The van der Waals surface area contributed by atoms with Gasteiger partial charge in [-0.05, 0) is 36.5 Å². The average molecular weight is 453 g/mol. The first kappa shape index (κ1) is 28.6. The maximum atomic E-state index is 11.8. The normalized spacial score (nSPS) is 13.5. The Balaban J connectivity index is 2.59. The van der Waals surface area contributed by atoms with Crippen molar-refractivity contribution in [1.29, 1.82) is 0 Å². The molecule has 1 aromatic carbocycles. The zero-order chi connectivity index (χ0) is 24.2. The lowest BCUT2D eigenvalue weighted by Crippen LogP contribution is -2.15. The maximum absolute atomic E-state index is 11.8. The molecule has 0 heterocycles. The Morgan fingerprint density at radius 3 is 2.27 bits per heavy atom. The molecule has 3 nitrogen and oxygen atoms in total. The molecule has 1 unspecified atom stereocenters. The Morgan fingerprint density at radius 1 is 0.909 bits per heavy atom. The van der Waals surface area contributed by atoms with Crippen LogP contribution in [0.15, 0.2) is 60.2 Å². The maximum Gasteiger partial charge on any atom is 0.331 e. The van der Waals surface area contributed by atoms with Crippen molar-refractivity contribution in [1.82, 2.24) is 0 Å². The van der Waals surface area contributed by atoms with Gasteiger partial charge in [-0.25, -0.2) is 4.79 Å². The Hall–Kier alpha value is -2.39. The minimum atomic E-state index is -0.896. The first-order valence-corrected chi connectivity index (χ1v) is 12.7. The fourth-order valence-electron chi connectivity index (χ4n) is 3.55. The minimum Gasteiger partial charge on any atom is -0.478 e. The van der Waals surface area contributed by atoms with Crippen LogP contribution in [0.25, 0.3) is 12.2 Å². The molecule has 0 aliphatic rings. The molecule has 1 atom stereocenters. The summed E-state index contributed by atoms with van der Waals surface area (Å²) in [6.45, 7) is 7.26. The molecule has 0 aliphatic carbocycles. The molecule has 0 bridgehead atoms. The summed E-state index contributed by atoms with van der Waals surface area (Å²) in [5, 5.41) is 9.69. The van der Waals surface area contributed by atoms with Crippen LogP contribution in [-0.2, 0) is 9.53 Å². The zero-order valence-electron chi connectivity index (χ0n) is 21.0. The van der Waals surface area contributed by atoms with Crippen LogP contribution in [0.2, 0.25) is 0 Å². The van der Waals surface area contributed by atoms with Crippen LogP contribution >= 0.6 is 0 Å². The number of carboxylic acid groups (broad SMARTS) is 1. The van der Waals surface area contributed by atoms with E-state index >= 15 is 0 Å². The van der Waals surface area contributed by atoms with E-state index in [1.807, 2.05) is 62.4 Å². The van der Waals surface area contributed by atoms with E-state index in [9.17, 15) is 9.90 Å². The Labute approximate surface area is 202 Å². The Morgan fingerprint density at radius 2 is 1.58 bits per heavy atom. The molecule has 1 N–H and O–H groups in total. The van der Waals surface area contributed by atoms with Crippen LogP contribution < -0.4 is 0 Å². The van der Waals surface area contributed by atoms with Gasteiger partial charge < -0.3 is 9.84 Å². The second-order valence-electron chi connectivity index (χ2n) is 8.59. The molecule has 182 valence electrons. The van der Waals surface area contributed by atoms with Crippen LogP contribution in [0.4, 0.5) is 0 Å². The highest BCUT2D eigenvalue weighted by Gasteiger charge is 2.16. The third-order valence-corrected chi connectivity index (χ3v) is 5.52. The summed E-state index contributed by atoms with van der Waals surface area (Å²) in [5.41, 5.74) is 2.27. The fourth-order valence-corrected chi connectivity index (χ4v) is 3.55. The van der Waals surface area contributed by atoms with Crippen molar-refractivity contribution in [2.75, 3.05) is 13.2 Å². The van der Waals surface area contributed by atoms with Gasteiger partial charge in [0.25, 0.3) is 0 Å².